The summed E-state index contributed by atoms with van der Waals surface area (Å²) in [6, 6.07) is -0.936. The molecular weight excluding hydrogens is 244 g/mol. The first-order valence-corrected chi connectivity index (χ1v) is 7.11. The zero-order valence-electron chi connectivity index (χ0n) is 12.3. The standard InChI is InChI=1S/C14H26N2O3/c1-9(2)11(4)8-15-14(19)16-7-5-6-10(3)12(16)13(17)18/h9-12H,5-8H2,1-4H3,(H,15,19)(H,17,18). The van der Waals surface area contributed by atoms with Crippen LogP contribution in [0.2, 0.25) is 0 Å². The van der Waals surface area contributed by atoms with Gasteiger partial charge in [0.1, 0.15) is 6.04 Å². The number of piperidine rings is 1. The summed E-state index contributed by atoms with van der Waals surface area (Å²) in [6.45, 7) is 9.32. The van der Waals surface area contributed by atoms with Crippen molar-refractivity contribution >= 4 is 12.0 Å². The largest absolute Gasteiger partial charge is 0.480 e. The number of carboxylic acid groups (broad SMARTS) is 1. The summed E-state index contributed by atoms with van der Waals surface area (Å²) in [7, 11) is 0. The summed E-state index contributed by atoms with van der Waals surface area (Å²) in [5, 5.41) is 12.1. The summed E-state index contributed by atoms with van der Waals surface area (Å²) in [4.78, 5) is 24.9. The van der Waals surface area contributed by atoms with Gasteiger partial charge in [0, 0.05) is 13.1 Å². The SMILES string of the molecule is CC(C)C(C)CNC(=O)N1CCCC(C)C1C(=O)O. The topological polar surface area (TPSA) is 69.6 Å². The maximum absolute atomic E-state index is 12.1. The fourth-order valence-electron chi connectivity index (χ4n) is 2.38. The van der Waals surface area contributed by atoms with Gasteiger partial charge in [0.25, 0.3) is 0 Å². The van der Waals surface area contributed by atoms with Crippen LogP contribution in [0.5, 0.6) is 0 Å². The summed E-state index contributed by atoms with van der Waals surface area (Å²) in [5.74, 6) is -0.0101. The van der Waals surface area contributed by atoms with E-state index in [0.717, 1.165) is 12.8 Å². The van der Waals surface area contributed by atoms with E-state index in [1.807, 2.05) is 6.92 Å². The van der Waals surface area contributed by atoms with Crippen LogP contribution in [0.15, 0.2) is 0 Å². The van der Waals surface area contributed by atoms with Crippen LogP contribution in [-0.4, -0.2) is 41.1 Å². The van der Waals surface area contributed by atoms with Gasteiger partial charge in [0.15, 0.2) is 0 Å². The van der Waals surface area contributed by atoms with Gasteiger partial charge in [-0.25, -0.2) is 9.59 Å². The zero-order chi connectivity index (χ0) is 14.6. The second kappa shape index (κ2) is 6.78. The molecule has 2 amide bonds. The van der Waals surface area contributed by atoms with Crippen LogP contribution in [0.1, 0.15) is 40.5 Å². The quantitative estimate of drug-likeness (QED) is 0.822. The van der Waals surface area contributed by atoms with Crippen LogP contribution in [0.4, 0.5) is 4.79 Å². The molecule has 1 heterocycles. The minimum atomic E-state index is -0.903. The Labute approximate surface area is 115 Å². The van der Waals surface area contributed by atoms with Gasteiger partial charge in [-0.15, -0.1) is 0 Å². The van der Waals surface area contributed by atoms with Gasteiger partial charge < -0.3 is 15.3 Å². The second-order valence-electron chi connectivity index (χ2n) is 6.00. The van der Waals surface area contributed by atoms with Crippen molar-refractivity contribution in [1.82, 2.24) is 10.2 Å². The van der Waals surface area contributed by atoms with Crippen LogP contribution in [0.25, 0.3) is 0 Å². The van der Waals surface area contributed by atoms with Crippen molar-refractivity contribution in [2.45, 2.75) is 46.6 Å². The lowest BCUT2D eigenvalue weighted by Gasteiger charge is -2.37. The average molecular weight is 270 g/mol. The van der Waals surface area contributed by atoms with Crippen LogP contribution < -0.4 is 5.32 Å². The third kappa shape index (κ3) is 4.11. The third-order valence-electron chi connectivity index (χ3n) is 4.16. The van der Waals surface area contributed by atoms with E-state index in [2.05, 4.69) is 26.1 Å². The number of nitrogens with zero attached hydrogens (tertiary/aromatic N) is 1. The number of nitrogens with one attached hydrogen (secondary N) is 1. The fourth-order valence-corrected chi connectivity index (χ4v) is 2.38. The molecule has 1 aliphatic heterocycles. The number of carbonyl (C=O) groups is 2. The third-order valence-corrected chi connectivity index (χ3v) is 4.16. The van der Waals surface area contributed by atoms with Gasteiger partial charge in [-0.05, 0) is 30.6 Å². The molecule has 3 unspecified atom stereocenters. The number of hydrogen-bond donors (Lipinski definition) is 2. The Morgan fingerprint density at radius 1 is 1.37 bits per heavy atom. The molecule has 0 saturated carbocycles. The molecule has 0 bridgehead atoms. The van der Waals surface area contributed by atoms with Crippen LogP contribution in [-0.2, 0) is 4.79 Å². The molecule has 1 saturated heterocycles. The van der Waals surface area contributed by atoms with Crippen molar-refractivity contribution in [3.05, 3.63) is 0 Å². The first kappa shape index (κ1) is 15.8. The first-order chi connectivity index (χ1) is 8.84. The molecular formula is C14H26N2O3. The lowest BCUT2D eigenvalue weighted by atomic mass is 9.91. The minimum Gasteiger partial charge on any atom is -0.480 e. The highest BCUT2D eigenvalue weighted by atomic mass is 16.4. The Kier molecular flexibility index (Phi) is 5.63. The van der Waals surface area contributed by atoms with Crippen molar-refractivity contribution in [2.24, 2.45) is 17.8 Å². The van der Waals surface area contributed by atoms with E-state index in [-0.39, 0.29) is 11.9 Å². The predicted octanol–water partition coefficient (Wildman–Crippen LogP) is 2.17. The summed E-state index contributed by atoms with van der Waals surface area (Å²) < 4.78 is 0. The number of hydrogen-bond acceptors (Lipinski definition) is 2. The monoisotopic (exact) mass is 270 g/mol. The molecule has 0 spiro atoms. The highest BCUT2D eigenvalue weighted by Gasteiger charge is 2.37. The van der Waals surface area contributed by atoms with Gasteiger partial charge in [-0.1, -0.05) is 27.7 Å². The Bertz CT molecular complexity index is 331. The Balaban J connectivity index is 2.60. The molecule has 1 aliphatic rings. The van der Waals surface area contributed by atoms with Crippen LogP contribution in [0.3, 0.4) is 0 Å². The molecule has 1 fully saturated rings. The number of urea groups is 1. The zero-order valence-corrected chi connectivity index (χ0v) is 12.3. The van der Waals surface area contributed by atoms with Crippen molar-refractivity contribution in [1.29, 1.82) is 0 Å². The van der Waals surface area contributed by atoms with E-state index < -0.39 is 12.0 Å². The number of likely N-dealkylation sites (tertiary alicyclic amines) is 1. The smallest absolute Gasteiger partial charge is 0.326 e. The van der Waals surface area contributed by atoms with E-state index in [1.165, 1.54) is 4.90 Å². The number of aliphatic carboxylic acids is 1. The number of rotatable bonds is 4. The molecule has 0 aliphatic carbocycles. The Morgan fingerprint density at radius 3 is 2.53 bits per heavy atom. The maximum atomic E-state index is 12.1. The number of carboxylic acids is 1. The number of carbonyl (C=O) groups excluding carboxylic acids is 1. The van der Waals surface area contributed by atoms with Crippen molar-refractivity contribution < 1.29 is 14.7 Å². The Hall–Kier alpha value is -1.26. The normalized spacial score (nSPS) is 25.2. The van der Waals surface area contributed by atoms with E-state index in [0.29, 0.717) is 24.9 Å². The molecule has 5 nitrogen and oxygen atoms in total. The molecule has 0 radical (unpaired) electrons. The summed E-state index contributed by atoms with van der Waals surface area (Å²) >= 11 is 0. The van der Waals surface area contributed by atoms with Crippen molar-refractivity contribution in [2.75, 3.05) is 13.1 Å². The van der Waals surface area contributed by atoms with Crippen LogP contribution >= 0.6 is 0 Å². The molecule has 110 valence electrons. The lowest BCUT2D eigenvalue weighted by molar-refractivity contribution is -0.145. The average Bonchev–Trinajstić information content (AvgIpc) is 2.34. The van der Waals surface area contributed by atoms with E-state index in [4.69, 9.17) is 0 Å². The van der Waals surface area contributed by atoms with Gasteiger partial charge in [0.05, 0.1) is 0 Å². The van der Waals surface area contributed by atoms with Crippen LogP contribution in [0, 0.1) is 17.8 Å². The summed E-state index contributed by atoms with van der Waals surface area (Å²) in [5.41, 5.74) is 0. The second-order valence-corrected chi connectivity index (χ2v) is 6.00. The van der Waals surface area contributed by atoms with E-state index in [9.17, 15) is 14.7 Å². The van der Waals surface area contributed by atoms with Gasteiger partial charge in [-0.2, -0.15) is 0 Å². The lowest BCUT2D eigenvalue weighted by Crippen LogP contribution is -2.55. The molecule has 0 aromatic carbocycles. The predicted molar refractivity (Wildman–Crippen MR) is 73.9 cm³/mol. The first-order valence-electron chi connectivity index (χ1n) is 7.11. The number of amides is 2. The van der Waals surface area contributed by atoms with E-state index >= 15 is 0 Å². The molecule has 5 heteroatoms. The van der Waals surface area contributed by atoms with Gasteiger partial charge >= 0.3 is 12.0 Å². The molecule has 2 N–H and O–H groups in total. The highest BCUT2D eigenvalue weighted by Crippen LogP contribution is 2.23. The minimum absolute atomic E-state index is 0.0134. The van der Waals surface area contributed by atoms with Crippen molar-refractivity contribution in [3.8, 4) is 0 Å². The maximum Gasteiger partial charge on any atom is 0.326 e. The van der Waals surface area contributed by atoms with Crippen molar-refractivity contribution in [3.63, 3.8) is 0 Å². The molecule has 1 rings (SSSR count). The molecule has 0 aromatic rings. The Morgan fingerprint density at radius 2 is 2.00 bits per heavy atom. The molecule has 0 aromatic heterocycles. The van der Waals surface area contributed by atoms with Gasteiger partial charge in [0.2, 0.25) is 0 Å². The van der Waals surface area contributed by atoms with Gasteiger partial charge in [-0.3, -0.25) is 0 Å². The summed E-state index contributed by atoms with van der Waals surface area (Å²) in [6.07, 6.45) is 1.74. The fraction of sp³-hybridized carbons (Fsp3) is 0.857. The highest BCUT2D eigenvalue weighted by molar-refractivity contribution is 5.83. The van der Waals surface area contributed by atoms with E-state index in [1.54, 1.807) is 0 Å². The molecule has 3 atom stereocenters. The molecule has 19 heavy (non-hydrogen) atoms.